The van der Waals surface area contributed by atoms with Crippen molar-refractivity contribution in [1.29, 1.82) is 0 Å². The van der Waals surface area contributed by atoms with Gasteiger partial charge in [0.05, 0.1) is 24.6 Å². The molecule has 0 amide bonds. The maximum absolute atomic E-state index is 11.8. The van der Waals surface area contributed by atoms with Crippen LogP contribution in [0, 0.1) is 0 Å². The Morgan fingerprint density at radius 2 is 2.05 bits per heavy atom. The zero-order chi connectivity index (χ0) is 15.4. The molecule has 3 rings (SSSR count). The third kappa shape index (κ3) is 2.98. The van der Waals surface area contributed by atoms with E-state index in [9.17, 15) is 4.79 Å². The minimum atomic E-state index is -0.410. The van der Waals surface area contributed by atoms with Gasteiger partial charge < -0.3 is 15.0 Å². The van der Waals surface area contributed by atoms with Crippen LogP contribution in [0.3, 0.4) is 0 Å². The van der Waals surface area contributed by atoms with E-state index >= 15 is 0 Å². The Hall–Kier alpha value is -2.70. The Kier molecular flexibility index (Phi) is 4.13. The molecule has 1 aromatic carbocycles. The molecule has 0 aliphatic carbocycles. The second-order valence-corrected chi connectivity index (χ2v) is 4.99. The predicted octanol–water partition coefficient (Wildman–Crippen LogP) is 2.00. The van der Waals surface area contributed by atoms with Crippen molar-refractivity contribution in [3.8, 4) is 0 Å². The topological polar surface area (TPSA) is 80.2 Å². The number of benzene rings is 1. The minimum absolute atomic E-state index is 0.362. The minimum Gasteiger partial charge on any atom is -0.465 e. The zero-order valence-corrected chi connectivity index (χ0v) is 12.3. The van der Waals surface area contributed by atoms with E-state index in [0.29, 0.717) is 17.2 Å². The van der Waals surface area contributed by atoms with Crippen LogP contribution in [-0.2, 0) is 4.74 Å². The van der Waals surface area contributed by atoms with Crippen molar-refractivity contribution in [1.82, 2.24) is 15.2 Å². The first-order chi connectivity index (χ1) is 10.8. The van der Waals surface area contributed by atoms with E-state index in [4.69, 9.17) is 4.74 Å². The molecule has 7 heteroatoms. The standard InChI is InChI=1S/C15H17N5O2/c1-22-14(21)11-6-2-3-7-12(11)17-15-18-13(10-16-19-15)20-8-4-5-9-20/h2-3,6-7,10H,4-5,8-9H2,1H3,(H,17,18,19). The van der Waals surface area contributed by atoms with Crippen molar-refractivity contribution in [2.45, 2.75) is 12.8 Å². The van der Waals surface area contributed by atoms with E-state index in [0.717, 1.165) is 31.7 Å². The van der Waals surface area contributed by atoms with Crippen LogP contribution in [0.4, 0.5) is 17.5 Å². The molecule has 7 nitrogen and oxygen atoms in total. The lowest BCUT2D eigenvalue weighted by Crippen LogP contribution is -2.20. The van der Waals surface area contributed by atoms with Crippen molar-refractivity contribution in [3.05, 3.63) is 36.0 Å². The van der Waals surface area contributed by atoms with E-state index in [2.05, 4.69) is 25.4 Å². The highest BCUT2D eigenvalue weighted by Crippen LogP contribution is 2.21. The van der Waals surface area contributed by atoms with Crippen molar-refractivity contribution in [3.63, 3.8) is 0 Å². The lowest BCUT2D eigenvalue weighted by atomic mass is 10.2. The van der Waals surface area contributed by atoms with Crippen LogP contribution in [0.1, 0.15) is 23.2 Å². The first-order valence-corrected chi connectivity index (χ1v) is 7.17. The van der Waals surface area contributed by atoms with Gasteiger partial charge in [-0.3, -0.25) is 0 Å². The summed E-state index contributed by atoms with van der Waals surface area (Å²) in [5, 5.41) is 11.0. The first kappa shape index (κ1) is 14.2. The monoisotopic (exact) mass is 299 g/mol. The molecule has 1 aromatic heterocycles. The fraction of sp³-hybridized carbons (Fsp3) is 0.333. The number of anilines is 3. The number of hydrogen-bond acceptors (Lipinski definition) is 7. The number of ether oxygens (including phenoxy) is 1. The van der Waals surface area contributed by atoms with Gasteiger partial charge in [0.2, 0.25) is 5.95 Å². The van der Waals surface area contributed by atoms with E-state index in [1.165, 1.54) is 7.11 Å². The third-order valence-corrected chi connectivity index (χ3v) is 3.56. The number of nitrogens with zero attached hydrogens (tertiary/aromatic N) is 4. The van der Waals surface area contributed by atoms with Crippen LogP contribution in [-0.4, -0.2) is 41.3 Å². The molecule has 1 aliphatic heterocycles. The Balaban J connectivity index is 1.84. The summed E-state index contributed by atoms with van der Waals surface area (Å²) in [6.07, 6.45) is 3.98. The molecule has 2 heterocycles. The predicted molar refractivity (Wildman–Crippen MR) is 82.3 cm³/mol. The molecule has 1 aliphatic rings. The molecule has 2 aromatic rings. The van der Waals surface area contributed by atoms with Gasteiger partial charge in [0.25, 0.3) is 0 Å². The second kappa shape index (κ2) is 6.38. The van der Waals surface area contributed by atoms with Gasteiger partial charge in [0.1, 0.15) is 0 Å². The largest absolute Gasteiger partial charge is 0.465 e. The Morgan fingerprint density at radius 1 is 1.27 bits per heavy atom. The molecule has 1 N–H and O–H groups in total. The van der Waals surface area contributed by atoms with Crippen LogP contribution in [0.2, 0.25) is 0 Å². The first-order valence-electron chi connectivity index (χ1n) is 7.17. The molecule has 0 radical (unpaired) electrons. The summed E-state index contributed by atoms with van der Waals surface area (Å²) in [5.74, 6) is 0.748. The quantitative estimate of drug-likeness (QED) is 0.865. The van der Waals surface area contributed by atoms with E-state index < -0.39 is 5.97 Å². The molecular formula is C15H17N5O2. The fourth-order valence-electron chi connectivity index (χ4n) is 2.45. The average molecular weight is 299 g/mol. The van der Waals surface area contributed by atoms with Crippen LogP contribution in [0.25, 0.3) is 0 Å². The van der Waals surface area contributed by atoms with Gasteiger partial charge in [-0.2, -0.15) is 10.1 Å². The maximum Gasteiger partial charge on any atom is 0.339 e. The summed E-state index contributed by atoms with van der Waals surface area (Å²) in [5.41, 5.74) is 1.02. The zero-order valence-electron chi connectivity index (χ0n) is 12.3. The third-order valence-electron chi connectivity index (χ3n) is 3.56. The molecule has 114 valence electrons. The van der Waals surface area contributed by atoms with Crippen LogP contribution < -0.4 is 10.2 Å². The summed E-state index contributed by atoms with van der Waals surface area (Å²) < 4.78 is 4.78. The number of esters is 1. The smallest absolute Gasteiger partial charge is 0.339 e. The lowest BCUT2D eigenvalue weighted by molar-refractivity contribution is 0.0602. The van der Waals surface area contributed by atoms with Crippen LogP contribution >= 0.6 is 0 Å². The molecule has 0 spiro atoms. The van der Waals surface area contributed by atoms with Crippen LogP contribution in [0.15, 0.2) is 30.5 Å². The highest BCUT2D eigenvalue weighted by molar-refractivity contribution is 5.96. The average Bonchev–Trinajstić information content (AvgIpc) is 3.09. The molecule has 0 bridgehead atoms. The fourth-order valence-corrected chi connectivity index (χ4v) is 2.45. The Labute approximate surface area is 128 Å². The lowest BCUT2D eigenvalue weighted by Gasteiger charge is -2.16. The number of carbonyl (C=O) groups is 1. The molecule has 1 fully saturated rings. The summed E-state index contributed by atoms with van der Waals surface area (Å²) in [6, 6.07) is 7.06. The number of para-hydroxylation sites is 1. The number of nitrogens with one attached hydrogen (secondary N) is 1. The number of carbonyl (C=O) groups excluding carboxylic acids is 1. The van der Waals surface area contributed by atoms with Crippen molar-refractivity contribution >= 4 is 23.4 Å². The molecule has 0 atom stereocenters. The van der Waals surface area contributed by atoms with Crippen molar-refractivity contribution < 1.29 is 9.53 Å². The molecule has 1 saturated heterocycles. The van der Waals surface area contributed by atoms with Crippen molar-refractivity contribution in [2.75, 3.05) is 30.4 Å². The Bertz CT molecular complexity index is 670. The molecule has 22 heavy (non-hydrogen) atoms. The van der Waals surface area contributed by atoms with Crippen LogP contribution in [0.5, 0.6) is 0 Å². The van der Waals surface area contributed by atoms with Gasteiger partial charge in [-0.25, -0.2) is 4.79 Å². The summed E-state index contributed by atoms with van der Waals surface area (Å²) in [6.45, 7) is 1.97. The molecule has 0 unspecified atom stereocenters. The van der Waals surface area contributed by atoms with Crippen molar-refractivity contribution in [2.24, 2.45) is 0 Å². The SMILES string of the molecule is COC(=O)c1ccccc1Nc1nncc(N2CCCC2)n1. The normalized spacial score (nSPS) is 14.0. The summed E-state index contributed by atoms with van der Waals surface area (Å²) in [4.78, 5) is 18.4. The van der Waals surface area contributed by atoms with E-state index in [1.54, 1.807) is 24.4 Å². The van der Waals surface area contributed by atoms with Gasteiger partial charge in [-0.1, -0.05) is 12.1 Å². The second-order valence-electron chi connectivity index (χ2n) is 4.99. The van der Waals surface area contributed by atoms with E-state index in [1.807, 2.05) is 6.07 Å². The number of methoxy groups -OCH3 is 1. The molecule has 0 saturated carbocycles. The Morgan fingerprint density at radius 3 is 2.82 bits per heavy atom. The highest BCUT2D eigenvalue weighted by Gasteiger charge is 2.16. The van der Waals surface area contributed by atoms with Gasteiger partial charge in [0.15, 0.2) is 5.82 Å². The van der Waals surface area contributed by atoms with Gasteiger partial charge in [0, 0.05) is 13.1 Å². The van der Waals surface area contributed by atoms with Gasteiger partial charge >= 0.3 is 5.97 Å². The summed E-state index contributed by atoms with van der Waals surface area (Å²) >= 11 is 0. The van der Waals surface area contributed by atoms with Gasteiger partial charge in [-0.05, 0) is 25.0 Å². The van der Waals surface area contributed by atoms with Gasteiger partial charge in [-0.15, -0.1) is 5.10 Å². The highest BCUT2D eigenvalue weighted by atomic mass is 16.5. The summed E-state index contributed by atoms with van der Waals surface area (Å²) in [7, 11) is 1.35. The number of hydrogen-bond donors (Lipinski definition) is 1. The number of rotatable bonds is 4. The maximum atomic E-state index is 11.8. The van der Waals surface area contributed by atoms with E-state index in [-0.39, 0.29) is 0 Å². The molecular weight excluding hydrogens is 282 g/mol. The number of aromatic nitrogens is 3.